The lowest BCUT2D eigenvalue weighted by Crippen LogP contribution is -2.57. The molecular formula is C35H30N2O4. The zero-order chi connectivity index (χ0) is 28.4. The number of carbonyl (C=O) groups excluding carboxylic acids is 2. The first-order valence-electron chi connectivity index (χ1n) is 13.8. The van der Waals surface area contributed by atoms with Gasteiger partial charge in [0.2, 0.25) is 11.8 Å². The molecule has 4 aromatic rings. The molecule has 0 spiro atoms. The van der Waals surface area contributed by atoms with Crippen LogP contribution in [0.4, 0.5) is 0 Å². The Balaban J connectivity index is 1.37. The number of hydrogen-bond donors (Lipinski definition) is 2. The van der Waals surface area contributed by atoms with Crippen molar-refractivity contribution in [2.24, 2.45) is 11.8 Å². The molecule has 2 heterocycles. The number of carbonyl (C=O) groups is 3. The van der Waals surface area contributed by atoms with Gasteiger partial charge in [0.15, 0.2) is 0 Å². The second-order valence-electron chi connectivity index (χ2n) is 10.7. The summed E-state index contributed by atoms with van der Waals surface area (Å²) >= 11 is 0. The van der Waals surface area contributed by atoms with E-state index in [1.165, 1.54) is 4.90 Å². The number of rotatable bonds is 8. The first-order valence-corrected chi connectivity index (χ1v) is 13.8. The lowest BCUT2D eigenvalue weighted by Gasteiger charge is -2.31. The molecule has 0 aromatic heterocycles. The number of fused-ring (bicyclic) bond motifs is 1. The van der Waals surface area contributed by atoms with Crippen LogP contribution in [0.25, 0.3) is 17.2 Å². The average Bonchev–Trinajstić information content (AvgIpc) is 3.48. The Morgan fingerprint density at radius 1 is 0.780 bits per heavy atom. The average molecular weight is 543 g/mol. The lowest BCUT2D eigenvalue weighted by atomic mass is 9.76. The molecule has 2 fully saturated rings. The fourth-order valence-corrected chi connectivity index (χ4v) is 6.25. The zero-order valence-corrected chi connectivity index (χ0v) is 22.4. The van der Waals surface area contributed by atoms with Gasteiger partial charge in [-0.3, -0.25) is 24.6 Å². The van der Waals surface area contributed by atoms with Crippen molar-refractivity contribution in [3.63, 3.8) is 0 Å². The summed E-state index contributed by atoms with van der Waals surface area (Å²) in [4.78, 5) is 42.2. The summed E-state index contributed by atoms with van der Waals surface area (Å²) in [6.07, 6.45) is 3.72. The van der Waals surface area contributed by atoms with Crippen LogP contribution in [-0.4, -0.2) is 39.9 Å². The first-order chi connectivity index (χ1) is 20.0. The Kier molecular flexibility index (Phi) is 7.08. The number of nitrogens with zero attached hydrogens (tertiary/aromatic N) is 1. The van der Waals surface area contributed by atoms with E-state index < -0.39 is 35.3 Å². The number of likely N-dealkylation sites (tertiary alicyclic amines) is 1. The molecule has 4 unspecified atom stereocenters. The second-order valence-corrected chi connectivity index (χ2v) is 10.7. The summed E-state index contributed by atoms with van der Waals surface area (Å²) in [6, 6.07) is 36.0. The molecule has 204 valence electrons. The Bertz CT molecular complexity index is 1590. The summed E-state index contributed by atoms with van der Waals surface area (Å²) in [5, 5.41) is 14.0. The van der Waals surface area contributed by atoms with Crippen molar-refractivity contribution in [2.75, 3.05) is 6.54 Å². The van der Waals surface area contributed by atoms with Crippen LogP contribution >= 0.6 is 0 Å². The van der Waals surface area contributed by atoms with E-state index in [0.29, 0.717) is 0 Å². The van der Waals surface area contributed by atoms with Gasteiger partial charge in [0.1, 0.15) is 5.54 Å². The van der Waals surface area contributed by atoms with Crippen LogP contribution in [0.3, 0.4) is 0 Å². The number of carboxylic acid groups (broad SMARTS) is 1. The van der Waals surface area contributed by atoms with Gasteiger partial charge >= 0.3 is 5.97 Å². The molecule has 0 bridgehead atoms. The molecule has 2 aliphatic heterocycles. The number of carboxylic acids is 1. The predicted octanol–water partition coefficient (Wildman–Crippen LogP) is 5.38. The SMILES string of the molecule is O=C1C2C(c3ccc(-c4ccccc4)cc3)NC(Cc3ccccc3)(C(=O)O)C2C(=O)N1C/C=C\c1ccccc1. The van der Waals surface area contributed by atoms with Crippen LogP contribution in [-0.2, 0) is 20.8 Å². The van der Waals surface area contributed by atoms with E-state index in [0.717, 1.165) is 27.8 Å². The van der Waals surface area contributed by atoms with Gasteiger partial charge in [0.05, 0.1) is 11.8 Å². The maximum Gasteiger partial charge on any atom is 0.325 e. The number of aliphatic carboxylic acids is 1. The molecule has 6 rings (SSSR count). The van der Waals surface area contributed by atoms with Crippen molar-refractivity contribution in [1.82, 2.24) is 10.2 Å². The predicted molar refractivity (Wildman–Crippen MR) is 157 cm³/mol. The largest absolute Gasteiger partial charge is 0.480 e. The Morgan fingerprint density at radius 2 is 1.37 bits per heavy atom. The topological polar surface area (TPSA) is 86.7 Å². The third kappa shape index (κ3) is 4.87. The van der Waals surface area contributed by atoms with Crippen molar-refractivity contribution >= 4 is 23.9 Å². The highest BCUT2D eigenvalue weighted by atomic mass is 16.4. The number of nitrogens with one attached hydrogen (secondary N) is 1. The minimum atomic E-state index is -1.64. The molecule has 2 N–H and O–H groups in total. The highest BCUT2D eigenvalue weighted by molar-refractivity contribution is 6.09. The van der Waals surface area contributed by atoms with Crippen molar-refractivity contribution in [1.29, 1.82) is 0 Å². The Hall–Kier alpha value is -4.81. The molecule has 2 saturated heterocycles. The smallest absolute Gasteiger partial charge is 0.325 e. The van der Waals surface area contributed by atoms with Gasteiger partial charge in [0, 0.05) is 19.0 Å². The summed E-state index contributed by atoms with van der Waals surface area (Å²) in [5.41, 5.74) is 2.94. The molecule has 6 heteroatoms. The molecular weight excluding hydrogens is 512 g/mol. The van der Waals surface area contributed by atoms with Crippen LogP contribution in [0, 0.1) is 11.8 Å². The van der Waals surface area contributed by atoms with Gasteiger partial charge in [-0.15, -0.1) is 0 Å². The summed E-state index contributed by atoms with van der Waals surface area (Å²) in [7, 11) is 0. The fourth-order valence-electron chi connectivity index (χ4n) is 6.25. The van der Waals surface area contributed by atoms with E-state index >= 15 is 0 Å². The summed E-state index contributed by atoms with van der Waals surface area (Å²) < 4.78 is 0. The third-order valence-corrected chi connectivity index (χ3v) is 8.23. The highest BCUT2D eigenvalue weighted by Crippen LogP contribution is 2.50. The van der Waals surface area contributed by atoms with Crippen LogP contribution in [0.15, 0.2) is 121 Å². The maximum absolute atomic E-state index is 13.9. The van der Waals surface area contributed by atoms with E-state index in [4.69, 9.17) is 0 Å². The van der Waals surface area contributed by atoms with Crippen LogP contribution in [0.5, 0.6) is 0 Å². The van der Waals surface area contributed by atoms with Crippen LogP contribution in [0.2, 0.25) is 0 Å². The summed E-state index contributed by atoms with van der Waals surface area (Å²) in [6.45, 7) is 0.0836. The Labute approximate surface area is 239 Å². The monoisotopic (exact) mass is 542 g/mol. The van der Waals surface area contributed by atoms with Crippen molar-refractivity contribution in [3.05, 3.63) is 138 Å². The molecule has 4 aromatic carbocycles. The van der Waals surface area contributed by atoms with Gasteiger partial charge in [-0.2, -0.15) is 0 Å². The molecule has 0 saturated carbocycles. The second kappa shape index (κ2) is 11.0. The van der Waals surface area contributed by atoms with Crippen molar-refractivity contribution < 1.29 is 19.5 Å². The van der Waals surface area contributed by atoms with Gasteiger partial charge in [-0.25, -0.2) is 0 Å². The van der Waals surface area contributed by atoms with E-state index in [-0.39, 0.29) is 18.9 Å². The number of hydrogen-bond acceptors (Lipinski definition) is 4. The molecule has 2 amide bonds. The van der Waals surface area contributed by atoms with Gasteiger partial charge in [-0.05, 0) is 27.8 Å². The number of imide groups is 1. The van der Waals surface area contributed by atoms with Gasteiger partial charge in [-0.1, -0.05) is 127 Å². The van der Waals surface area contributed by atoms with Crippen LogP contribution < -0.4 is 5.32 Å². The maximum atomic E-state index is 13.9. The van der Waals surface area contributed by atoms with Crippen LogP contribution in [0.1, 0.15) is 22.7 Å². The van der Waals surface area contributed by atoms with E-state index in [1.807, 2.05) is 121 Å². The molecule has 4 atom stereocenters. The number of amides is 2. The molecule has 41 heavy (non-hydrogen) atoms. The molecule has 6 nitrogen and oxygen atoms in total. The fraction of sp³-hybridized carbons (Fsp3) is 0.171. The van der Waals surface area contributed by atoms with Gasteiger partial charge in [0.25, 0.3) is 0 Å². The van der Waals surface area contributed by atoms with E-state index in [2.05, 4.69) is 5.32 Å². The third-order valence-electron chi connectivity index (χ3n) is 8.23. The van der Waals surface area contributed by atoms with Gasteiger partial charge < -0.3 is 5.11 Å². The minimum Gasteiger partial charge on any atom is -0.480 e. The quantitative estimate of drug-likeness (QED) is 0.292. The highest BCUT2D eigenvalue weighted by Gasteiger charge is 2.68. The first kappa shape index (κ1) is 26.4. The van der Waals surface area contributed by atoms with E-state index in [9.17, 15) is 19.5 Å². The minimum absolute atomic E-state index is 0.0790. The van der Waals surface area contributed by atoms with E-state index in [1.54, 1.807) is 6.08 Å². The standard InChI is InChI=1S/C35H30N2O4/c38-32-29-30(33(39)37(32)22-10-15-24-11-4-1-5-12-24)35(34(40)41,23-25-13-6-2-7-14-25)36-31(29)28-20-18-27(19-21-28)26-16-8-3-9-17-26/h1-21,29-31,36H,22-23H2,(H,40,41)/b15-10-. The zero-order valence-electron chi connectivity index (χ0n) is 22.4. The molecule has 2 aliphatic rings. The number of benzene rings is 4. The molecule has 0 radical (unpaired) electrons. The van der Waals surface area contributed by atoms with Crippen molar-refractivity contribution in [3.8, 4) is 11.1 Å². The molecule has 0 aliphatic carbocycles. The van der Waals surface area contributed by atoms with Crippen molar-refractivity contribution in [2.45, 2.75) is 18.0 Å². The lowest BCUT2D eigenvalue weighted by molar-refractivity contribution is -0.151. The summed E-state index contributed by atoms with van der Waals surface area (Å²) in [5.74, 6) is -3.82. The normalized spacial score (nSPS) is 23.7. The Morgan fingerprint density at radius 3 is 2.00 bits per heavy atom.